The van der Waals surface area contributed by atoms with Gasteiger partial charge in [-0.15, -0.1) is 0 Å². The predicted molar refractivity (Wildman–Crippen MR) is 90.8 cm³/mol. The molecule has 0 aliphatic carbocycles. The van der Waals surface area contributed by atoms with Gasteiger partial charge in [0.1, 0.15) is 6.04 Å². The number of carbonyl (C=O) groups is 3. The van der Waals surface area contributed by atoms with Gasteiger partial charge >= 0.3 is 11.9 Å². The summed E-state index contributed by atoms with van der Waals surface area (Å²) in [5.74, 6) is -2.05. The van der Waals surface area contributed by atoms with Crippen LogP contribution in [0.2, 0.25) is 0 Å². The van der Waals surface area contributed by atoms with Gasteiger partial charge in [0.2, 0.25) is 0 Å². The van der Waals surface area contributed by atoms with Gasteiger partial charge in [-0.2, -0.15) is 0 Å². The summed E-state index contributed by atoms with van der Waals surface area (Å²) in [7, 11) is 2.49. The summed E-state index contributed by atoms with van der Waals surface area (Å²) < 4.78 is 9.37. The lowest BCUT2D eigenvalue weighted by molar-refractivity contribution is -0.146. The van der Waals surface area contributed by atoms with Crippen molar-refractivity contribution < 1.29 is 23.9 Å². The number of nitrogens with one attached hydrogen (secondary N) is 1. The molecular formula is C18H20N2O5. The van der Waals surface area contributed by atoms with Gasteiger partial charge in [-0.25, -0.2) is 4.79 Å². The summed E-state index contributed by atoms with van der Waals surface area (Å²) in [6.45, 7) is 1.67. The van der Waals surface area contributed by atoms with Crippen LogP contribution in [0.5, 0.6) is 0 Å². The highest BCUT2D eigenvalue weighted by atomic mass is 16.5. The molecule has 1 aromatic carbocycles. The molecular weight excluding hydrogens is 324 g/mol. The zero-order chi connectivity index (χ0) is 18.4. The number of methoxy groups -OCH3 is 2. The Kier molecular flexibility index (Phi) is 6.05. The van der Waals surface area contributed by atoms with Gasteiger partial charge in [-0.05, 0) is 18.1 Å². The quantitative estimate of drug-likeness (QED) is 0.802. The summed E-state index contributed by atoms with van der Waals surface area (Å²) in [4.78, 5) is 40.4. The molecule has 2 rings (SSSR count). The summed E-state index contributed by atoms with van der Waals surface area (Å²) >= 11 is 0. The van der Waals surface area contributed by atoms with E-state index in [1.54, 1.807) is 31.3 Å². The highest BCUT2D eigenvalue weighted by Gasteiger charge is 2.30. The first-order chi connectivity index (χ1) is 12.0. The number of benzene rings is 1. The number of hydrogen-bond donors (Lipinski definition) is 1. The van der Waals surface area contributed by atoms with Crippen molar-refractivity contribution in [2.75, 3.05) is 14.2 Å². The van der Waals surface area contributed by atoms with Gasteiger partial charge in [0.25, 0.3) is 5.91 Å². The van der Waals surface area contributed by atoms with Crippen LogP contribution in [0.4, 0.5) is 0 Å². The molecule has 1 aromatic heterocycles. The lowest BCUT2D eigenvalue weighted by atomic mass is 9.97. The number of ether oxygens (including phenoxy) is 2. The van der Waals surface area contributed by atoms with E-state index in [2.05, 4.69) is 15.0 Å². The number of esters is 2. The second-order valence-electron chi connectivity index (χ2n) is 5.61. The Labute approximate surface area is 145 Å². The van der Waals surface area contributed by atoms with Crippen LogP contribution in [0.25, 0.3) is 10.9 Å². The summed E-state index contributed by atoms with van der Waals surface area (Å²) in [6.07, 6.45) is 1.57. The molecule has 0 aliphatic rings. The largest absolute Gasteiger partial charge is 0.469 e. The molecule has 7 nitrogen and oxygen atoms in total. The van der Waals surface area contributed by atoms with Crippen LogP contribution in [0.3, 0.4) is 0 Å². The van der Waals surface area contributed by atoms with Crippen molar-refractivity contribution >= 4 is 28.7 Å². The molecule has 1 heterocycles. The number of nitrogens with zero attached hydrogens (tertiary/aromatic N) is 1. The van der Waals surface area contributed by atoms with E-state index in [9.17, 15) is 14.4 Å². The third-order valence-electron chi connectivity index (χ3n) is 3.90. The fourth-order valence-corrected chi connectivity index (χ4v) is 2.53. The number of hydrogen-bond acceptors (Lipinski definition) is 6. The van der Waals surface area contributed by atoms with Crippen LogP contribution in [0.15, 0.2) is 36.5 Å². The first kappa shape index (κ1) is 18.4. The number of carbonyl (C=O) groups excluding carboxylic acids is 3. The Morgan fingerprint density at radius 3 is 2.52 bits per heavy atom. The maximum atomic E-state index is 12.7. The second kappa shape index (κ2) is 8.23. The van der Waals surface area contributed by atoms with Gasteiger partial charge < -0.3 is 14.8 Å². The Morgan fingerprint density at radius 1 is 1.12 bits per heavy atom. The molecule has 2 aromatic rings. The monoisotopic (exact) mass is 344 g/mol. The standard InChI is InChI=1S/C18H20N2O5/c1-11(10-14(21)24-2)15(18(23)25-3)20-17(22)13-8-4-6-12-7-5-9-19-16(12)13/h4-9,11,15H,10H2,1-3H3,(H,20,22)/t11-,15+/m0/s1. The Morgan fingerprint density at radius 2 is 1.84 bits per heavy atom. The molecule has 0 radical (unpaired) electrons. The van der Waals surface area contributed by atoms with Gasteiger partial charge in [-0.1, -0.05) is 25.1 Å². The fraction of sp³-hybridized carbons (Fsp3) is 0.333. The summed E-state index contributed by atoms with van der Waals surface area (Å²) in [5, 5.41) is 3.46. The maximum absolute atomic E-state index is 12.7. The predicted octanol–water partition coefficient (Wildman–Crippen LogP) is 1.71. The third-order valence-corrected chi connectivity index (χ3v) is 3.90. The topological polar surface area (TPSA) is 94.6 Å². The lowest BCUT2D eigenvalue weighted by Gasteiger charge is -2.22. The number of fused-ring (bicyclic) bond motifs is 1. The van der Waals surface area contributed by atoms with Crippen LogP contribution in [0, 0.1) is 5.92 Å². The zero-order valence-corrected chi connectivity index (χ0v) is 14.3. The molecule has 0 saturated heterocycles. The molecule has 25 heavy (non-hydrogen) atoms. The van der Waals surface area contributed by atoms with E-state index >= 15 is 0 Å². The second-order valence-corrected chi connectivity index (χ2v) is 5.61. The number of pyridine rings is 1. The SMILES string of the molecule is COC(=O)C[C@H](C)[C@@H](NC(=O)c1cccc2cccnc12)C(=O)OC. The van der Waals surface area contributed by atoms with E-state index in [1.165, 1.54) is 14.2 Å². The van der Waals surface area contributed by atoms with Crippen LogP contribution < -0.4 is 5.32 Å². The average molecular weight is 344 g/mol. The minimum Gasteiger partial charge on any atom is -0.469 e. The first-order valence-electron chi connectivity index (χ1n) is 7.77. The van der Waals surface area contributed by atoms with E-state index in [-0.39, 0.29) is 6.42 Å². The Bertz CT molecular complexity index is 785. The van der Waals surface area contributed by atoms with E-state index in [4.69, 9.17) is 4.74 Å². The number of rotatable bonds is 6. The normalized spacial score (nSPS) is 12.9. The minimum atomic E-state index is -0.976. The van der Waals surface area contributed by atoms with E-state index < -0.39 is 29.8 Å². The average Bonchev–Trinajstić information content (AvgIpc) is 2.64. The van der Waals surface area contributed by atoms with Crippen molar-refractivity contribution in [1.82, 2.24) is 10.3 Å². The lowest BCUT2D eigenvalue weighted by Crippen LogP contribution is -2.46. The first-order valence-corrected chi connectivity index (χ1v) is 7.77. The molecule has 1 amide bonds. The Hall–Kier alpha value is -2.96. The maximum Gasteiger partial charge on any atom is 0.328 e. The molecule has 0 bridgehead atoms. The molecule has 1 N–H and O–H groups in total. The van der Waals surface area contributed by atoms with E-state index in [0.29, 0.717) is 11.1 Å². The summed E-state index contributed by atoms with van der Waals surface area (Å²) in [5.41, 5.74) is 0.879. The molecule has 0 fully saturated rings. The van der Waals surface area contributed by atoms with Crippen molar-refractivity contribution in [2.45, 2.75) is 19.4 Å². The van der Waals surface area contributed by atoms with Crippen LogP contribution in [-0.4, -0.2) is 43.1 Å². The number of aromatic nitrogens is 1. The van der Waals surface area contributed by atoms with Crippen LogP contribution >= 0.6 is 0 Å². The van der Waals surface area contributed by atoms with Crippen molar-refractivity contribution in [1.29, 1.82) is 0 Å². The number of amides is 1. The van der Waals surface area contributed by atoms with Crippen molar-refractivity contribution in [2.24, 2.45) is 5.92 Å². The van der Waals surface area contributed by atoms with Crippen LogP contribution in [-0.2, 0) is 19.1 Å². The molecule has 0 spiro atoms. The van der Waals surface area contributed by atoms with Crippen LogP contribution in [0.1, 0.15) is 23.7 Å². The number of para-hydroxylation sites is 1. The van der Waals surface area contributed by atoms with E-state index in [1.807, 2.05) is 12.1 Å². The van der Waals surface area contributed by atoms with Crippen molar-refractivity contribution in [3.63, 3.8) is 0 Å². The van der Waals surface area contributed by atoms with Crippen molar-refractivity contribution in [3.8, 4) is 0 Å². The fourth-order valence-electron chi connectivity index (χ4n) is 2.53. The molecule has 132 valence electrons. The van der Waals surface area contributed by atoms with Gasteiger partial charge in [0, 0.05) is 11.6 Å². The summed E-state index contributed by atoms with van der Waals surface area (Å²) in [6, 6.07) is 7.86. The highest BCUT2D eigenvalue weighted by Crippen LogP contribution is 2.17. The van der Waals surface area contributed by atoms with Gasteiger partial charge in [0.05, 0.1) is 31.7 Å². The molecule has 0 unspecified atom stereocenters. The van der Waals surface area contributed by atoms with E-state index in [0.717, 1.165) is 5.39 Å². The van der Waals surface area contributed by atoms with Crippen molar-refractivity contribution in [3.05, 3.63) is 42.1 Å². The Balaban J connectivity index is 2.26. The molecule has 0 saturated carbocycles. The molecule has 7 heteroatoms. The van der Waals surface area contributed by atoms with Gasteiger partial charge in [-0.3, -0.25) is 14.6 Å². The zero-order valence-electron chi connectivity index (χ0n) is 14.3. The minimum absolute atomic E-state index is 0.0235. The molecule has 0 aliphatic heterocycles. The smallest absolute Gasteiger partial charge is 0.328 e. The van der Waals surface area contributed by atoms with Gasteiger partial charge in [0.15, 0.2) is 0 Å². The highest BCUT2D eigenvalue weighted by molar-refractivity contribution is 6.06. The third kappa shape index (κ3) is 4.32. The molecule has 2 atom stereocenters.